The summed E-state index contributed by atoms with van der Waals surface area (Å²) >= 11 is 0. The Balaban J connectivity index is 0.000000243. The molecule has 0 bridgehead atoms. The number of nitrogens with two attached hydrogens (primary N) is 6. The number of fused-ring (bicyclic) bond motifs is 1. The zero-order valence-electron chi connectivity index (χ0n) is 24.4. The van der Waals surface area contributed by atoms with Gasteiger partial charge in [0.1, 0.15) is 0 Å². The number of hydrazine groups is 4. The average molecular weight is 631 g/mol. The first kappa shape index (κ1) is 36.3. The van der Waals surface area contributed by atoms with Crippen LogP contribution in [0, 0.1) is 0 Å². The van der Waals surface area contributed by atoms with Crippen LogP contribution >= 0.6 is 0 Å². The third kappa shape index (κ3) is 10.1. The fourth-order valence-corrected chi connectivity index (χ4v) is 3.74. The van der Waals surface area contributed by atoms with Gasteiger partial charge in [-0.3, -0.25) is 50.5 Å². The summed E-state index contributed by atoms with van der Waals surface area (Å²) in [4.78, 5) is 67.1. The maximum Gasteiger partial charge on any atom is 0.265 e. The normalized spacial score (nSPS) is 9.78. The Labute approximate surface area is 262 Å². The second kappa shape index (κ2) is 18.0. The molecule has 0 saturated carbocycles. The van der Waals surface area contributed by atoms with E-state index in [1.807, 2.05) is 16.3 Å². The Morgan fingerprint density at radius 3 is 1.17 bits per heavy atom. The predicted octanol–water partition coefficient (Wildman–Crippen LogP) is -1.09. The van der Waals surface area contributed by atoms with Gasteiger partial charge in [0.25, 0.3) is 23.6 Å². The van der Waals surface area contributed by atoms with E-state index in [-0.39, 0.29) is 30.6 Å². The molecule has 16 N–H and O–H groups in total. The number of benzene rings is 4. The van der Waals surface area contributed by atoms with Gasteiger partial charge in [-0.2, -0.15) is 0 Å². The second-order valence-corrected chi connectivity index (χ2v) is 9.08. The molecule has 0 spiro atoms. The summed E-state index contributed by atoms with van der Waals surface area (Å²) in [5.41, 5.74) is 21.0. The summed E-state index contributed by atoms with van der Waals surface area (Å²) in [6, 6.07) is 22.5. The minimum absolute atomic E-state index is 0.0147. The Morgan fingerprint density at radius 1 is 0.413 bits per heavy atom. The smallest absolute Gasteiger partial charge is 0.265 e. The highest BCUT2D eigenvalue weighted by molar-refractivity contribution is 6.03. The van der Waals surface area contributed by atoms with Crippen LogP contribution in [0.5, 0.6) is 0 Å². The van der Waals surface area contributed by atoms with Crippen molar-refractivity contribution in [1.82, 2.24) is 21.7 Å². The van der Waals surface area contributed by atoms with Gasteiger partial charge in [0.15, 0.2) is 11.6 Å². The van der Waals surface area contributed by atoms with Gasteiger partial charge in [-0.15, -0.1) is 0 Å². The highest BCUT2D eigenvalue weighted by Crippen LogP contribution is 2.18. The molecule has 0 heterocycles. The maximum atomic E-state index is 11.5. The maximum absolute atomic E-state index is 11.5. The van der Waals surface area contributed by atoms with Gasteiger partial charge in [0.2, 0.25) is 0 Å². The van der Waals surface area contributed by atoms with Crippen LogP contribution in [0.25, 0.3) is 10.8 Å². The van der Waals surface area contributed by atoms with E-state index in [4.69, 9.17) is 34.8 Å². The fourth-order valence-electron chi connectivity index (χ4n) is 3.74. The minimum atomic E-state index is -0.461. The topological polar surface area (TPSA) is 307 Å². The third-order valence-corrected chi connectivity index (χ3v) is 6.18. The van der Waals surface area contributed by atoms with Crippen LogP contribution in [0.15, 0.2) is 84.9 Å². The Kier molecular flexibility index (Phi) is 14.2. The molecule has 240 valence electrons. The van der Waals surface area contributed by atoms with Crippen LogP contribution in [0.1, 0.15) is 62.1 Å². The van der Waals surface area contributed by atoms with Crippen molar-refractivity contribution in [1.29, 1.82) is 0 Å². The molecule has 16 nitrogen and oxygen atoms in total. The Hall–Kier alpha value is -5.88. The number of Topliss-reactive ketones (excluding diaryl/α,β-unsaturated/α-hetero) is 2. The molecule has 46 heavy (non-hydrogen) atoms. The van der Waals surface area contributed by atoms with E-state index < -0.39 is 17.7 Å². The highest BCUT2D eigenvalue weighted by atomic mass is 16.2. The van der Waals surface area contributed by atoms with E-state index in [2.05, 4.69) is 5.43 Å². The van der Waals surface area contributed by atoms with Crippen molar-refractivity contribution in [3.8, 4) is 0 Å². The largest absolute Gasteiger partial charge is 0.324 e. The van der Waals surface area contributed by atoms with Crippen LogP contribution in [0.2, 0.25) is 0 Å². The van der Waals surface area contributed by atoms with E-state index in [0.717, 1.165) is 10.8 Å². The number of hydrogen-bond donors (Lipinski definition) is 10. The molecule has 4 amide bonds. The van der Waals surface area contributed by atoms with Crippen molar-refractivity contribution < 1.29 is 28.8 Å². The van der Waals surface area contributed by atoms with Gasteiger partial charge in [-0.1, -0.05) is 36.4 Å². The number of hydrogen-bond acceptors (Lipinski definition) is 12. The van der Waals surface area contributed by atoms with Crippen molar-refractivity contribution in [2.24, 2.45) is 34.8 Å². The summed E-state index contributed by atoms with van der Waals surface area (Å²) in [7, 11) is 0. The number of rotatable bonds is 8. The van der Waals surface area contributed by atoms with E-state index in [1.165, 1.54) is 30.3 Å². The van der Waals surface area contributed by atoms with Gasteiger partial charge >= 0.3 is 0 Å². The summed E-state index contributed by atoms with van der Waals surface area (Å²) in [5, 5.41) is 1.74. The van der Waals surface area contributed by atoms with Gasteiger partial charge in [0, 0.05) is 33.4 Å². The predicted molar refractivity (Wildman–Crippen MR) is 170 cm³/mol. The number of nitrogens with one attached hydrogen (secondary N) is 4. The van der Waals surface area contributed by atoms with Crippen molar-refractivity contribution >= 4 is 46.0 Å². The molecule has 0 radical (unpaired) electrons. The SMILES string of the molecule is NCC(=O)c1ccc(C(=O)NN)cc1.NCC(=O)c1ccc2cc(C(=O)NN)ccc2c1.NNC(=O)c1cccc(C(=O)NN)c1. The molecule has 0 aromatic heterocycles. The molecule has 0 aliphatic heterocycles. The Bertz CT molecular complexity index is 1610. The summed E-state index contributed by atoms with van der Waals surface area (Å²) in [6.07, 6.45) is 0. The van der Waals surface area contributed by atoms with Crippen molar-refractivity contribution in [2.45, 2.75) is 0 Å². The van der Waals surface area contributed by atoms with E-state index >= 15 is 0 Å². The zero-order valence-corrected chi connectivity index (χ0v) is 24.4. The molecular weight excluding hydrogens is 596 g/mol. The molecule has 0 atom stereocenters. The van der Waals surface area contributed by atoms with Gasteiger partial charge in [-0.05, 0) is 59.3 Å². The zero-order chi connectivity index (χ0) is 34.2. The average Bonchev–Trinajstić information content (AvgIpc) is 3.12. The van der Waals surface area contributed by atoms with E-state index in [9.17, 15) is 28.8 Å². The quantitative estimate of drug-likeness (QED) is 0.0480. The molecule has 4 aromatic rings. The first-order valence-corrected chi connectivity index (χ1v) is 13.3. The molecule has 16 heteroatoms. The lowest BCUT2D eigenvalue weighted by molar-refractivity contribution is 0.0941. The lowest BCUT2D eigenvalue weighted by Gasteiger charge is -2.04. The van der Waals surface area contributed by atoms with Crippen LogP contribution in [-0.4, -0.2) is 48.3 Å². The molecular formula is C30H34N10O6. The monoisotopic (exact) mass is 630 g/mol. The lowest BCUT2D eigenvalue weighted by atomic mass is 10.0. The summed E-state index contributed by atoms with van der Waals surface area (Å²) in [5.74, 6) is 18.0. The molecule has 0 saturated heterocycles. The molecule has 0 unspecified atom stereocenters. The van der Waals surface area contributed by atoms with Gasteiger partial charge < -0.3 is 11.5 Å². The lowest BCUT2D eigenvalue weighted by Crippen LogP contribution is -2.32. The summed E-state index contributed by atoms with van der Waals surface area (Å²) in [6.45, 7) is -0.0540. The van der Waals surface area contributed by atoms with Crippen LogP contribution in [0.3, 0.4) is 0 Å². The highest BCUT2D eigenvalue weighted by Gasteiger charge is 2.09. The van der Waals surface area contributed by atoms with Crippen molar-refractivity contribution in [2.75, 3.05) is 13.1 Å². The van der Waals surface area contributed by atoms with Crippen molar-refractivity contribution in [3.05, 3.63) is 118 Å². The van der Waals surface area contributed by atoms with Gasteiger partial charge in [-0.25, -0.2) is 23.4 Å². The number of amides is 4. The fraction of sp³-hybridized carbons (Fsp3) is 0.0667. The molecule has 0 aliphatic carbocycles. The standard InChI is InChI=1S/C13H13N3O2.C9H11N3O2.C8H10N4O2/c14-7-12(17)10-3-1-9-6-11(13(18)16-15)4-2-8(9)5-10;10-5-8(13)6-1-3-7(4-2-6)9(14)12-11;9-11-7(13)5-2-1-3-6(4-5)8(14)12-10/h1-6H,7,14-15H2,(H,16,18);1-4H,5,10-11H2,(H,12,14);1-4H,9-10H2,(H,11,13)(H,12,14). The number of carbonyl (C=O) groups is 6. The number of nitrogen functional groups attached to an aromatic ring is 4. The van der Waals surface area contributed by atoms with Gasteiger partial charge in [0.05, 0.1) is 13.1 Å². The van der Waals surface area contributed by atoms with Crippen LogP contribution in [0.4, 0.5) is 0 Å². The first-order valence-electron chi connectivity index (χ1n) is 13.3. The van der Waals surface area contributed by atoms with Crippen LogP contribution < -0.4 is 56.5 Å². The van der Waals surface area contributed by atoms with E-state index in [1.54, 1.807) is 54.6 Å². The van der Waals surface area contributed by atoms with Crippen molar-refractivity contribution in [3.63, 3.8) is 0 Å². The minimum Gasteiger partial charge on any atom is -0.324 e. The molecule has 4 aromatic carbocycles. The molecule has 4 rings (SSSR count). The van der Waals surface area contributed by atoms with Crippen LogP contribution in [-0.2, 0) is 0 Å². The number of ketones is 2. The Morgan fingerprint density at radius 2 is 0.739 bits per heavy atom. The summed E-state index contributed by atoms with van der Waals surface area (Å²) < 4.78 is 0. The molecule has 0 fully saturated rings. The third-order valence-electron chi connectivity index (χ3n) is 6.18. The van der Waals surface area contributed by atoms with E-state index in [0.29, 0.717) is 33.4 Å². The second-order valence-electron chi connectivity index (χ2n) is 9.08. The first-order chi connectivity index (χ1) is 22.0. The molecule has 0 aliphatic rings. The number of carbonyl (C=O) groups excluding carboxylic acids is 6.